The lowest BCUT2D eigenvalue weighted by Gasteiger charge is -2.08. The van der Waals surface area contributed by atoms with Crippen molar-refractivity contribution in [2.24, 2.45) is 0 Å². The fourth-order valence-corrected chi connectivity index (χ4v) is 2.23. The minimum absolute atomic E-state index is 0.122. The summed E-state index contributed by atoms with van der Waals surface area (Å²) in [7, 11) is 0. The van der Waals surface area contributed by atoms with E-state index in [4.69, 9.17) is 5.73 Å². The number of aryl methyl sites for hydroxylation is 2. The molecule has 0 bridgehead atoms. The van der Waals surface area contributed by atoms with Gasteiger partial charge in [-0.15, -0.1) is 0 Å². The molecule has 21 heavy (non-hydrogen) atoms. The normalized spacial score (nSPS) is 10.4. The molecule has 0 aliphatic heterocycles. The molecule has 0 aliphatic carbocycles. The second-order valence-corrected chi connectivity index (χ2v) is 5.19. The number of hydrogen-bond donors (Lipinski definition) is 2. The van der Waals surface area contributed by atoms with E-state index in [1.54, 1.807) is 6.07 Å². The Morgan fingerprint density at radius 3 is 2.81 bits per heavy atom. The van der Waals surface area contributed by atoms with Crippen LogP contribution in [0, 0.1) is 6.92 Å². The maximum Gasteiger partial charge on any atom is 0.251 e. The molecular weight excluding hydrogens is 262 g/mol. The van der Waals surface area contributed by atoms with E-state index in [1.807, 2.05) is 31.2 Å². The van der Waals surface area contributed by atoms with Gasteiger partial charge in [-0.25, -0.2) is 4.98 Å². The fraction of sp³-hybridized carbons (Fsp3) is 0.294. The molecule has 2 aromatic rings. The summed E-state index contributed by atoms with van der Waals surface area (Å²) in [6.07, 6.45) is 1.80. The number of carbonyl (C=O) groups is 1. The SMILES string of the molecule is CCCc1cc(C(=O)NCc2cccc(C)c2)cc(N)n1. The summed E-state index contributed by atoms with van der Waals surface area (Å²) < 4.78 is 0. The Bertz CT molecular complexity index is 638. The van der Waals surface area contributed by atoms with Crippen molar-refractivity contribution in [1.82, 2.24) is 10.3 Å². The average molecular weight is 283 g/mol. The molecule has 0 radical (unpaired) electrons. The molecule has 0 saturated carbocycles. The lowest BCUT2D eigenvalue weighted by Crippen LogP contribution is -2.23. The van der Waals surface area contributed by atoms with Crippen molar-refractivity contribution in [3.05, 3.63) is 58.8 Å². The van der Waals surface area contributed by atoms with E-state index < -0.39 is 0 Å². The number of rotatable bonds is 5. The third kappa shape index (κ3) is 4.31. The first-order chi connectivity index (χ1) is 10.1. The van der Waals surface area contributed by atoms with Crippen LogP contribution in [0.25, 0.3) is 0 Å². The van der Waals surface area contributed by atoms with Gasteiger partial charge in [-0.3, -0.25) is 4.79 Å². The van der Waals surface area contributed by atoms with Crippen molar-refractivity contribution in [2.45, 2.75) is 33.2 Å². The predicted molar refractivity (Wildman–Crippen MR) is 85.0 cm³/mol. The summed E-state index contributed by atoms with van der Waals surface area (Å²) >= 11 is 0. The molecule has 0 saturated heterocycles. The maximum absolute atomic E-state index is 12.2. The summed E-state index contributed by atoms with van der Waals surface area (Å²) in [4.78, 5) is 16.5. The fourth-order valence-electron chi connectivity index (χ4n) is 2.23. The first-order valence-corrected chi connectivity index (χ1v) is 7.18. The van der Waals surface area contributed by atoms with Gasteiger partial charge in [0.25, 0.3) is 5.91 Å². The highest BCUT2D eigenvalue weighted by atomic mass is 16.1. The molecule has 0 aliphatic rings. The van der Waals surface area contributed by atoms with Gasteiger partial charge < -0.3 is 11.1 Å². The highest BCUT2D eigenvalue weighted by Crippen LogP contribution is 2.10. The number of nitrogens with zero attached hydrogens (tertiary/aromatic N) is 1. The Hall–Kier alpha value is -2.36. The highest BCUT2D eigenvalue weighted by molar-refractivity contribution is 5.94. The first kappa shape index (κ1) is 15.0. The van der Waals surface area contributed by atoms with Gasteiger partial charge in [0.2, 0.25) is 0 Å². The third-order valence-corrected chi connectivity index (χ3v) is 3.20. The summed E-state index contributed by atoms with van der Waals surface area (Å²) in [5, 5.41) is 2.92. The van der Waals surface area contributed by atoms with Crippen LogP contribution >= 0.6 is 0 Å². The highest BCUT2D eigenvalue weighted by Gasteiger charge is 2.08. The molecule has 2 rings (SSSR count). The summed E-state index contributed by atoms with van der Waals surface area (Å²) in [5.41, 5.74) is 9.45. The van der Waals surface area contributed by atoms with Crippen molar-refractivity contribution in [3.63, 3.8) is 0 Å². The Morgan fingerprint density at radius 1 is 1.29 bits per heavy atom. The van der Waals surface area contributed by atoms with E-state index in [1.165, 1.54) is 5.56 Å². The first-order valence-electron chi connectivity index (χ1n) is 7.18. The molecule has 110 valence electrons. The van der Waals surface area contributed by atoms with Gasteiger partial charge in [0.15, 0.2) is 0 Å². The van der Waals surface area contributed by atoms with Crippen LogP contribution in [-0.2, 0) is 13.0 Å². The van der Waals surface area contributed by atoms with E-state index in [-0.39, 0.29) is 5.91 Å². The number of benzene rings is 1. The number of amides is 1. The summed E-state index contributed by atoms with van der Waals surface area (Å²) in [5.74, 6) is 0.268. The number of nitrogen functional groups attached to an aromatic ring is 1. The van der Waals surface area contributed by atoms with Gasteiger partial charge in [-0.1, -0.05) is 43.2 Å². The van der Waals surface area contributed by atoms with Crippen molar-refractivity contribution in [2.75, 3.05) is 5.73 Å². The number of aromatic nitrogens is 1. The van der Waals surface area contributed by atoms with Gasteiger partial charge in [-0.05, 0) is 31.0 Å². The van der Waals surface area contributed by atoms with Crippen molar-refractivity contribution < 1.29 is 4.79 Å². The standard InChI is InChI=1S/C17H21N3O/c1-3-5-15-9-14(10-16(18)20-15)17(21)19-11-13-7-4-6-12(2)8-13/h4,6-10H,3,5,11H2,1-2H3,(H2,18,20)(H,19,21). The molecule has 0 atom stereocenters. The monoisotopic (exact) mass is 283 g/mol. The smallest absolute Gasteiger partial charge is 0.251 e. The number of carbonyl (C=O) groups excluding carboxylic acids is 1. The predicted octanol–water partition coefficient (Wildman–Crippen LogP) is 2.85. The average Bonchev–Trinajstić information content (AvgIpc) is 2.44. The zero-order valence-electron chi connectivity index (χ0n) is 12.5. The van der Waals surface area contributed by atoms with Crippen LogP contribution in [0.3, 0.4) is 0 Å². The van der Waals surface area contributed by atoms with E-state index in [0.29, 0.717) is 17.9 Å². The van der Waals surface area contributed by atoms with E-state index in [2.05, 4.69) is 23.3 Å². The van der Waals surface area contributed by atoms with Crippen LogP contribution in [0.5, 0.6) is 0 Å². The molecule has 3 N–H and O–H groups in total. The molecular formula is C17H21N3O. The topological polar surface area (TPSA) is 68.0 Å². The maximum atomic E-state index is 12.2. The Labute approximate surface area is 125 Å². The van der Waals surface area contributed by atoms with Gasteiger partial charge >= 0.3 is 0 Å². The van der Waals surface area contributed by atoms with Crippen molar-refractivity contribution in [1.29, 1.82) is 0 Å². The molecule has 1 heterocycles. The molecule has 0 fully saturated rings. The molecule has 1 aromatic carbocycles. The Kier molecular flexibility index (Phi) is 4.93. The Balaban J connectivity index is 2.06. The van der Waals surface area contributed by atoms with E-state index in [9.17, 15) is 4.79 Å². The van der Waals surface area contributed by atoms with Crippen molar-refractivity contribution in [3.8, 4) is 0 Å². The van der Waals surface area contributed by atoms with Crippen LogP contribution in [0.4, 0.5) is 5.82 Å². The second-order valence-electron chi connectivity index (χ2n) is 5.19. The number of anilines is 1. The van der Waals surface area contributed by atoms with Crippen LogP contribution in [0.2, 0.25) is 0 Å². The third-order valence-electron chi connectivity index (χ3n) is 3.20. The zero-order chi connectivity index (χ0) is 15.2. The van der Waals surface area contributed by atoms with Gasteiger partial charge in [0.1, 0.15) is 5.82 Å². The summed E-state index contributed by atoms with van der Waals surface area (Å²) in [6, 6.07) is 11.5. The molecule has 0 unspecified atom stereocenters. The lowest BCUT2D eigenvalue weighted by atomic mass is 10.1. The quantitative estimate of drug-likeness (QED) is 0.886. The number of nitrogens with one attached hydrogen (secondary N) is 1. The molecule has 4 nitrogen and oxygen atoms in total. The zero-order valence-corrected chi connectivity index (χ0v) is 12.5. The van der Waals surface area contributed by atoms with Crippen LogP contribution in [-0.4, -0.2) is 10.9 Å². The van der Waals surface area contributed by atoms with Crippen LogP contribution < -0.4 is 11.1 Å². The summed E-state index contributed by atoms with van der Waals surface area (Å²) in [6.45, 7) is 4.61. The molecule has 4 heteroatoms. The molecule has 0 spiro atoms. The van der Waals surface area contributed by atoms with Crippen LogP contribution in [0.15, 0.2) is 36.4 Å². The van der Waals surface area contributed by atoms with Crippen molar-refractivity contribution >= 4 is 11.7 Å². The number of pyridine rings is 1. The molecule has 1 amide bonds. The van der Waals surface area contributed by atoms with E-state index in [0.717, 1.165) is 24.1 Å². The molecule has 1 aromatic heterocycles. The van der Waals surface area contributed by atoms with Gasteiger partial charge in [-0.2, -0.15) is 0 Å². The van der Waals surface area contributed by atoms with Crippen LogP contribution in [0.1, 0.15) is 40.5 Å². The van der Waals surface area contributed by atoms with Gasteiger partial charge in [0, 0.05) is 17.8 Å². The van der Waals surface area contributed by atoms with Gasteiger partial charge in [0.05, 0.1) is 0 Å². The largest absolute Gasteiger partial charge is 0.384 e. The minimum atomic E-state index is -0.122. The number of hydrogen-bond acceptors (Lipinski definition) is 3. The Morgan fingerprint density at radius 2 is 2.10 bits per heavy atom. The lowest BCUT2D eigenvalue weighted by molar-refractivity contribution is 0.0950. The second kappa shape index (κ2) is 6.88. The van der Waals surface area contributed by atoms with E-state index >= 15 is 0 Å². The number of nitrogens with two attached hydrogens (primary N) is 1. The minimum Gasteiger partial charge on any atom is -0.384 e.